The molecule has 0 fully saturated rings. The van der Waals surface area contributed by atoms with Crippen LogP contribution < -0.4 is 0 Å². The van der Waals surface area contributed by atoms with Gasteiger partial charge in [0.15, 0.2) is 5.69 Å². The van der Waals surface area contributed by atoms with Crippen LogP contribution in [0.25, 0.3) is 11.3 Å². The van der Waals surface area contributed by atoms with E-state index in [9.17, 15) is 9.90 Å². The number of carbonyl (C=O) groups is 1. The van der Waals surface area contributed by atoms with Gasteiger partial charge in [0.1, 0.15) is 5.69 Å². The summed E-state index contributed by atoms with van der Waals surface area (Å²) >= 11 is 0. The van der Waals surface area contributed by atoms with Gasteiger partial charge in [-0.3, -0.25) is 4.98 Å². The quantitative estimate of drug-likeness (QED) is 0.770. The summed E-state index contributed by atoms with van der Waals surface area (Å²) < 4.78 is 6.93. The second-order valence-corrected chi connectivity index (χ2v) is 4.17. The summed E-state index contributed by atoms with van der Waals surface area (Å²) in [6.07, 6.45) is 4.16. The molecule has 0 aromatic carbocycles. The Morgan fingerprint density at radius 1 is 1.45 bits per heavy atom. The lowest BCUT2D eigenvalue weighted by molar-refractivity contribution is 0.0691. The van der Waals surface area contributed by atoms with Gasteiger partial charge in [-0.25, -0.2) is 9.48 Å². The molecule has 7 heteroatoms. The van der Waals surface area contributed by atoms with E-state index in [0.29, 0.717) is 31.0 Å². The highest BCUT2D eigenvalue weighted by Gasteiger charge is 2.20. The highest BCUT2D eigenvalue weighted by Crippen LogP contribution is 2.21. The zero-order valence-electron chi connectivity index (χ0n) is 11.2. The zero-order valence-corrected chi connectivity index (χ0v) is 11.2. The molecule has 1 N–H and O–H groups in total. The minimum Gasteiger partial charge on any atom is -0.476 e. The van der Waals surface area contributed by atoms with E-state index in [1.807, 2.05) is 6.92 Å². The average Bonchev–Trinajstić information content (AvgIpc) is 2.88. The van der Waals surface area contributed by atoms with Crippen molar-refractivity contribution in [1.82, 2.24) is 20.0 Å². The highest BCUT2D eigenvalue weighted by atomic mass is 16.5. The van der Waals surface area contributed by atoms with Crippen LogP contribution in [0.2, 0.25) is 0 Å². The third kappa shape index (κ3) is 3.18. The number of hydrogen-bond donors (Lipinski definition) is 1. The summed E-state index contributed by atoms with van der Waals surface area (Å²) in [5.74, 6) is -1.11. The van der Waals surface area contributed by atoms with Crippen LogP contribution >= 0.6 is 0 Å². The van der Waals surface area contributed by atoms with Crippen molar-refractivity contribution in [1.29, 1.82) is 0 Å². The Balaban J connectivity index is 2.26. The van der Waals surface area contributed by atoms with Crippen LogP contribution in [-0.2, 0) is 11.3 Å². The lowest BCUT2D eigenvalue weighted by atomic mass is 10.1. The maximum absolute atomic E-state index is 11.2. The van der Waals surface area contributed by atoms with E-state index in [1.165, 1.54) is 4.68 Å². The molecule has 106 valence electrons. The molecule has 0 bridgehead atoms. The van der Waals surface area contributed by atoms with Crippen LogP contribution in [0.15, 0.2) is 24.5 Å². The van der Waals surface area contributed by atoms with Crippen molar-refractivity contribution < 1.29 is 14.6 Å². The summed E-state index contributed by atoms with van der Waals surface area (Å²) in [6.45, 7) is 3.61. The summed E-state index contributed by atoms with van der Waals surface area (Å²) in [5, 5.41) is 16.8. The Kier molecular flexibility index (Phi) is 4.78. The van der Waals surface area contributed by atoms with Gasteiger partial charge in [-0.05, 0) is 18.6 Å². The fourth-order valence-corrected chi connectivity index (χ4v) is 1.80. The number of aromatic carboxylic acids is 1. The molecule has 20 heavy (non-hydrogen) atoms. The predicted octanol–water partition coefficient (Wildman–Crippen LogP) is 1.46. The smallest absolute Gasteiger partial charge is 0.358 e. The molecule has 0 unspecified atom stereocenters. The number of nitrogens with zero attached hydrogens (tertiary/aromatic N) is 4. The molecule has 0 aliphatic carbocycles. The van der Waals surface area contributed by atoms with E-state index in [2.05, 4.69) is 15.3 Å². The van der Waals surface area contributed by atoms with Crippen LogP contribution in [0.3, 0.4) is 0 Å². The first kappa shape index (κ1) is 14.1. The normalized spacial score (nSPS) is 10.7. The number of rotatable bonds is 7. The van der Waals surface area contributed by atoms with Gasteiger partial charge in [-0.15, -0.1) is 5.10 Å². The van der Waals surface area contributed by atoms with Crippen molar-refractivity contribution >= 4 is 5.97 Å². The van der Waals surface area contributed by atoms with Crippen LogP contribution in [0.4, 0.5) is 0 Å². The number of pyridine rings is 1. The molecule has 2 rings (SSSR count). The lowest BCUT2D eigenvalue weighted by Crippen LogP contribution is -2.10. The van der Waals surface area contributed by atoms with Crippen molar-refractivity contribution in [3.63, 3.8) is 0 Å². The van der Waals surface area contributed by atoms with Crippen LogP contribution in [0.1, 0.15) is 23.8 Å². The van der Waals surface area contributed by atoms with Gasteiger partial charge in [0.2, 0.25) is 0 Å². The molecule has 0 aliphatic rings. The maximum Gasteiger partial charge on any atom is 0.358 e. The molecular formula is C13H16N4O3. The molecule has 0 radical (unpaired) electrons. The molecule has 2 heterocycles. The van der Waals surface area contributed by atoms with E-state index in [-0.39, 0.29) is 5.69 Å². The van der Waals surface area contributed by atoms with Crippen molar-refractivity contribution in [2.45, 2.75) is 19.9 Å². The van der Waals surface area contributed by atoms with Gasteiger partial charge >= 0.3 is 5.97 Å². The van der Waals surface area contributed by atoms with Gasteiger partial charge in [0.25, 0.3) is 0 Å². The van der Waals surface area contributed by atoms with E-state index in [0.717, 1.165) is 6.42 Å². The number of carboxylic acids is 1. The molecule has 0 aliphatic heterocycles. The Labute approximate surface area is 116 Å². The molecule has 0 saturated heterocycles. The molecule has 0 amide bonds. The number of ether oxygens (including phenoxy) is 1. The van der Waals surface area contributed by atoms with E-state index >= 15 is 0 Å². The zero-order chi connectivity index (χ0) is 14.4. The molecule has 0 saturated carbocycles. The van der Waals surface area contributed by atoms with Gasteiger partial charge in [0, 0.05) is 24.6 Å². The average molecular weight is 276 g/mol. The minimum atomic E-state index is -1.11. The third-order valence-electron chi connectivity index (χ3n) is 2.67. The summed E-state index contributed by atoms with van der Waals surface area (Å²) in [6, 6.07) is 3.52. The Morgan fingerprint density at radius 2 is 2.30 bits per heavy atom. The maximum atomic E-state index is 11.2. The van der Waals surface area contributed by atoms with E-state index in [4.69, 9.17) is 4.74 Å². The number of hydrogen-bond acceptors (Lipinski definition) is 5. The molecule has 7 nitrogen and oxygen atoms in total. The van der Waals surface area contributed by atoms with E-state index < -0.39 is 5.97 Å². The van der Waals surface area contributed by atoms with Crippen molar-refractivity contribution in [3.8, 4) is 11.3 Å². The predicted molar refractivity (Wildman–Crippen MR) is 71.3 cm³/mol. The van der Waals surface area contributed by atoms with Crippen molar-refractivity contribution in [2.24, 2.45) is 0 Å². The Hall–Kier alpha value is -2.28. The van der Waals surface area contributed by atoms with E-state index in [1.54, 1.807) is 24.5 Å². The Bertz CT molecular complexity index is 568. The van der Waals surface area contributed by atoms with Crippen LogP contribution in [-0.4, -0.2) is 44.3 Å². The highest BCUT2D eigenvalue weighted by molar-refractivity contribution is 5.92. The first-order valence-electron chi connectivity index (χ1n) is 6.39. The standard InChI is InChI=1S/C13H16N4O3/c1-2-7-20-8-6-17-12(10-4-3-5-14-9-10)11(13(18)19)15-16-17/h3-5,9H,2,6-8H2,1H3,(H,18,19). The minimum absolute atomic E-state index is 0.0755. The largest absolute Gasteiger partial charge is 0.476 e. The fourth-order valence-electron chi connectivity index (χ4n) is 1.80. The molecule has 0 atom stereocenters. The van der Waals surface area contributed by atoms with Gasteiger partial charge in [0.05, 0.1) is 13.2 Å². The summed E-state index contributed by atoms with van der Waals surface area (Å²) in [4.78, 5) is 15.2. The molecule has 2 aromatic rings. The molecule has 2 aromatic heterocycles. The SMILES string of the molecule is CCCOCCn1nnc(C(=O)O)c1-c1cccnc1. The number of carboxylic acid groups (broad SMARTS) is 1. The van der Waals surface area contributed by atoms with Crippen molar-refractivity contribution in [2.75, 3.05) is 13.2 Å². The first-order chi connectivity index (χ1) is 9.74. The topological polar surface area (TPSA) is 90.1 Å². The summed E-state index contributed by atoms with van der Waals surface area (Å²) in [7, 11) is 0. The Morgan fingerprint density at radius 3 is 2.95 bits per heavy atom. The van der Waals surface area contributed by atoms with Gasteiger partial charge < -0.3 is 9.84 Å². The van der Waals surface area contributed by atoms with Crippen molar-refractivity contribution in [3.05, 3.63) is 30.2 Å². The monoisotopic (exact) mass is 276 g/mol. The fraction of sp³-hybridized carbons (Fsp3) is 0.385. The first-order valence-corrected chi connectivity index (χ1v) is 6.39. The van der Waals surface area contributed by atoms with Crippen LogP contribution in [0.5, 0.6) is 0 Å². The third-order valence-corrected chi connectivity index (χ3v) is 2.67. The second kappa shape index (κ2) is 6.76. The van der Waals surface area contributed by atoms with Crippen LogP contribution in [0, 0.1) is 0 Å². The van der Waals surface area contributed by atoms with Gasteiger partial charge in [-0.2, -0.15) is 0 Å². The lowest BCUT2D eigenvalue weighted by Gasteiger charge is -2.07. The molecular weight excluding hydrogens is 260 g/mol. The second-order valence-electron chi connectivity index (χ2n) is 4.17. The van der Waals surface area contributed by atoms with Gasteiger partial charge in [-0.1, -0.05) is 12.1 Å². The molecule has 0 spiro atoms. The summed E-state index contributed by atoms with van der Waals surface area (Å²) in [5.41, 5.74) is 1.05. The number of aromatic nitrogens is 4.